The number of hydrogen-bond donors (Lipinski definition) is 1. The van der Waals surface area contributed by atoms with Crippen LogP contribution in [0.1, 0.15) is 37.7 Å². The maximum Gasteiger partial charge on any atom is 0.306 e. The maximum atomic E-state index is 13.1. The van der Waals surface area contributed by atoms with Crippen molar-refractivity contribution in [1.82, 2.24) is 0 Å². The third-order valence-corrected chi connectivity index (χ3v) is 5.78. The molecule has 1 fully saturated rings. The van der Waals surface area contributed by atoms with Crippen LogP contribution in [0, 0.1) is 11.8 Å². The second kappa shape index (κ2) is 6.51. The van der Waals surface area contributed by atoms with Crippen molar-refractivity contribution in [2.24, 2.45) is 11.8 Å². The summed E-state index contributed by atoms with van der Waals surface area (Å²) in [4.78, 5) is 26.3. The summed E-state index contributed by atoms with van der Waals surface area (Å²) >= 11 is 0. The van der Waals surface area contributed by atoms with Crippen molar-refractivity contribution in [3.05, 3.63) is 42.0 Å². The van der Waals surface area contributed by atoms with Crippen LogP contribution in [0.3, 0.4) is 0 Å². The van der Waals surface area contributed by atoms with Crippen molar-refractivity contribution >= 4 is 28.3 Å². The highest BCUT2D eigenvalue weighted by Crippen LogP contribution is 2.36. The summed E-state index contributed by atoms with van der Waals surface area (Å²) in [7, 11) is 0. The van der Waals surface area contributed by atoms with E-state index in [2.05, 4.69) is 24.3 Å². The zero-order valence-electron chi connectivity index (χ0n) is 14.3. The summed E-state index contributed by atoms with van der Waals surface area (Å²) in [6, 6.07) is 12.6. The molecule has 0 bridgehead atoms. The fraction of sp³-hybridized carbons (Fsp3) is 0.429. The molecule has 4 heteroatoms. The van der Waals surface area contributed by atoms with Gasteiger partial charge in [-0.15, -0.1) is 0 Å². The third-order valence-electron chi connectivity index (χ3n) is 5.78. The molecule has 1 heterocycles. The molecule has 1 aliphatic heterocycles. The van der Waals surface area contributed by atoms with Crippen LogP contribution < -0.4 is 4.90 Å². The van der Waals surface area contributed by atoms with E-state index in [1.807, 2.05) is 17.0 Å². The Morgan fingerprint density at radius 3 is 2.40 bits per heavy atom. The number of benzene rings is 2. The molecule has 25 heavy (non-hydrogen) atoms. The van der Waals surface area contributed by atoms with Gasteiger partial charge in [-0.1, -0.05) is 30.7 Å². The molecule has 1 aliphatic carbocycles. The highest BCUT2D eigenvalue weighted by molar-refractivity contribution is 6.00. The molecule has 0 spiro atoms. The molecule has 130 valence electrons. The number of rotatable bonds is 2. The van der Waals surface area contributed by atoms with Gasteiger partial charge in [0.25, 0.3) is 0 Å². The molecule has 2 atom stereocenters. The number of carboxylic acids is 1. The molecule has 1 saturated carbocycles. The van der Waals surface area contributed by atoms with Crippen molar-refractivity contribution in [3.63, 3.8) is 0 Å². The number of carbonyl (C=O) groups excluding carboxylic acids is 1. The minimum Gasteiger partial charge on any atom is -0.481 e. The predicted octanol–water partition coefficient (Wildman–Crippen LogP) is 4.01. The van der Waals surface area contributed by atoms with E-state index < -0.39 is 5.97 Å². The maximum absolute atomic E-state index is 13.1. The smallest absolute Gasteiger partial charge is 0.306 e. The predicted molar refractivity (Wildman–Crippen MR) is 97.7 cm³/mol. The van der Waals surface area contributed by atoms with Crippen LogP contribution in [0.15, 0.2) is 36.4 Å². The molecule has 4 rings (SSSR count). The zero-order chi connectivity index (χ0) is 17.4. The van der Waals surface area contributed by atoms with Crippen molar-refractivity contribution in [2.75, 3.05) is 11.4 Å². The largest absolute Gasteiger partial charge is 0.481 e. The van der Waals surface area contributed by atoms with E-state index in [1.54, 1.807) is 0 Å². The lowest BCUT2D eigenvalue weighted by atomic mass is 9.97. The zero-order valence-corrected chi connectivity index (χ0v) is 14.3. The summed E-state index contributed by atoms with van der Waals surface area (Å²) in [6.45, 7) is 0.739. The van der Waals surface area contributed by atoms with Gasteiger partial charge in [-0.2, -0.15) is 0 Å². The minimum absolute atomic E-state index is 0.0400. The first-order valence-corrected chi connectivity index (χ1v) is 9.19. The fourth-order valence-electron chi connectivity index (χ4n) is 4.32. The Kier molecular flexibility index (Phi) is 4.20. The van der Waals surface area contributed by atoms with Crippen LogP contribution in [0.2, 0.25) is 0 Å². The lowest BCUT2D eigenvalue weighted by Gasteiger charge is -2.23. The Morgan fingerprint density at radius 1 is 0.960 bits per heavy atom. The molecule has 2 aromatic rings. The van der Waals surface area contributed by atoms with E-state index in [-0.39, 0.29) is 17.7 Å². The summed E-state index contributed by atoms with van der Waals surface area (Å²) in [5, 5.41) is 11.6. The summed E-state index contributed by atoms with van der Waals surface area (Å²) in [6.07, 6.45) is 4.53. The number of carbonyl (C=O) groups is 2. The Balaban J connectivity index is 1.56. The van der Waals surface area contributed by atoms with Gasteiger partial charge >= 0.3 is 5.97 Å². The van der Waals surface area contributed by atoms with Crippen LogP contribution in [0.5, 0.6) is 0 Å². The average molecular weight is 337 g/mol. The quantitative estimate of drug-likeness (QED) is 0.842. The van der Waals surface area contributed by atoms with Gasteiger partial charge < -0.3 is 10.0 Å². The summed E-state index contributed by atoms with van der Waals surface area (Å²) < 4.78 is 0. The molecule has 2 aromatic carbocycles. The van der Waals surface area contributed by atoms with Crippen LogP contribution >= 0.6 is 0 Å². The monoisotopic (exact) mass is 337 g/mol. The van der Waals surface area contributed by atoms with E-state index in [9.17, 15) is 14.7 Å². The summed E-state index contributed by atoms with van der Waals surface area (Å²) in [5.74, 6) is -0.861. The number of fused-ring (bicyclic) bond motifs is 2. The van der Waals surface area contributed by atoms with E-state index in [0.29, 0.717) is 19.3 Å². The number of aliphatic carboxylic acids is 1. The van der Waals surface area contributed by atoms with Gasteiger partial charge in [0.1, 0.15) is 0 Å². The number of carboxylic acid groups (broad SMARTS) is 1. The van der Waals surface area contributed by atoms with Crippen LogP contribution in [-0.2, 0) is 16.0 Å². The van der Waals surface area contributed by atoms with Crippen LogP contribution in [0.25, 0.3) is 10.8 Å². The molecule has 2 unspecified atom stereocenters. The van der Waals surface area contributed by atoms with E-state index >= 15 is 0 Å². The molecule has 2 aliphatic rings. The lowest BCUT2D eigenvalue weighted by molar-refractivity contribution is -0.142. The highest BCUT2D eigenvalue weighted by Gasteiger charge is 2.33. The Bertz CT molecular complexity index is 829. The first-order chi connectivity index (χ1) is 12.1. The van der Waals surface area contributed by atoms with E-state index in [1.165, 1.54) is 10.9 Å². The number of hydrogen-bond acceptors (Lipinski definition) is 2. The van der Waals surface area contributed by atoms with Crippen LogP contribution in [-0.4, -0.2) is 23.5 Å². The second-order valence-corrected chi connectivity index (χ2v) is 7.31. The first kappa shape index (κ1) is 16.1. The van der Waals surface area contributed by atoms with Gasteiger partial charge in [0.15, 0.2) is 0 Å². The average Bonchev–Trinajstić information content (AvgIpc) is 2.86. The van der Waals surface area contributed by atoms with Gasteiger partial charge in [0.2, 0.25) is 5.91 Å². The highest BCUT2D eigenvalue weighted by atomic mass is 16.4. The van der Waals surface area contributed by atoms with Crippen molar-refractivity contribution in [3.8, 4) is 0 Å². The SMILES string of the molecule is O=C(O)C1CCCC(C(=O)N2CCc3cc4ccccc4cc32)CC1. The Labute approximate surface area is 147 Å². The normalized spacial score (nSPS) is 23.3. The van der Waals surface area contributed by atoms with Gasteiger partial charge in [0.05, 0.1) is 5.92 Å². The fourth-order valence-corrected chi connectivity index (χ4v) is 4.32. The van der Waals surface area contributed by atoms with Crippen LogP contribution in [0.4, 0.5) is 5.69 Å². The molecule has 0 radical (unpaired) electrons. The molecule has 1 amide bonds. The lowest BCUT2D eigenvalue weighted by Crippen LogP contribution is -2.34. The van der Waals surface area contributed by atoms with Gasteiger partial charge in [0, 0.05) is 18.2 Å². The number of anilines is 1. The Morgan fingerprint density at radius 2 is 1.64 bits per heavy atom. The van der Waals surface area contributed by atoms with Crippen molar-refractivity contribution < 1.29 is 14.7 Å². The minimum atomic E-state index is -0.717. The molecular formula is C21H23NO3. The third kappa shape index (κ3) is 3.01. The number of amides is 1. The van der Waals surface area contributed by atoms with Gasteiger partial charge in [-0.3, -0.25) is 9.59 Å². The molecule has 0 saturated heterocycles. The van der Waals surface area contributed by atoms with Crippen molar-refractivity contribution in [2.45, 2.75) is 38.5 Å². The van der Waals surface area contributed by atoms with E-state index in [4.69, 9.17) is 0 Å². The molecule has 1 N–H and O–H groups in total. The van der Waals surface area contributed by atoms with E-state index in [0.717, 1.165) is 36.9 Å². The number of nitrogens with zero attached hydrogens (tertiary/aromatic N) is 1. The topological polar surface area (TPSA) is 57.6 Å². The second-order valence-electron chi connectivity index (χ2n) is 7.31. The Hall–Kier alpha value is -2.36. The first-order valence-electron chi connectivity index (χ1n) is 9.19. The van der Waals surface area contributed by atoms with Gasteiger partial charge in [-0.05, 0) is 60.6 Å². The van der Waals surface area contributed by atoms with Gasteiger partial charge in [-0.25, -0.2) is 0 Å². The standard InChI is InChI=1S/C21H23NO3/c23-20(14-6-3-7-15(9-8-14)21(24)25)22-11-10-18-12-16-4-1-2-5-17(16)13-19(18)22/h1-2,4-5,12-15H,3,6-11H2,(H,24,25). The molecular weight excluding hydrogens is 314 g/mol. The molecule has 0 aromatic heterocycles. The molecule has 4 nitrogen and oxygen atoms in total. The van der Waals surface area contributed by atoms with Crippen molar-refractivity contribution in [1.29, 1.82) is 0 Å². The summed E-state index contributed by atoms with van der Waals surface area (Å²) in [5.41, 5.74) is 2.28.